The Bertz CT molecular complexity index is 702. The van der Waals surface area contributed by atoms with Crippen LogP contribution < -0.4 is 10.2 Å². The third-order valence-electron chi connectivity index (χ3n) is 2.68. The molecule has 0 saturated carbocycles. The number of nitrogens with zero attached hydrogens (tertiary/aromatic N) is 1. The highest BCUT2D eigenvalue weighted by Gasteiger charge is 2.29. The first-order chi connectivity index (χ1) is 11.8. The molecule has 0 aliphatic heterocycles. The van der Waals surface area contributed by atoms with Gasteiger partial charge >= 0.3 is 12.2 Å². The second-order valence-electron chi connectivity index (χ2n) is 7.50. The molecule has 1 rings (SSSR count). The highest BCUT2D eigenvalue weighted by Crippen LogP contribution is 2.19. The lowest BCUT2D eigenvalue weighted by atomic mass is 10.2. The minimum absolute atomic E-state index is 0.199. The monoisotopic (exact) mass is 363 g/mol. The van der Waals surface area contributed by atoms with Gasteiger partial charge in [-0.3, -0.25) is 15.5 Å². The van der Waals surface area contributed by atoms with E-state index in [2.05, 4.69) is 5.32 Å². The molecule has 0 aliphatic rings. The molecular formula is C18H25N3O5. The van der Waals surface area contributed by atoms with Gasteiger partial charge in [0.2, 0.25) is 5.96 Å². The van der Waals surface area contributed by atoms with Crippen LogP contribution >= 0.6 is 0 Å². The molecule has 2 N–H and O–H groups in total. The molecule has 0 saturated heterocycles. The summed E-state index contributed by atoms with van der Waals surface area (Å²) in [5, 5.41) is 10.3. The van der Waals surface area contributed by atoms with Gasteiger partial charge in [-0.05, 0) is 53.7 Å². The molecule has 2 amide bonds. The Balaban J connectivity index is 3.14. The van der Waals surface area contributed by atoms with E-state index in [1.165, 1.54) is 12.1 Å². The van der Waals surface area contributed by atoms with Crippen molar-refractivity contribution in [3.63, 3.8) is 0 Å². The van der Waals surface area contributed by atoms with Gasteiger partial charge < -0.3 is 9.47 Å². The molecule has 142 valence electrons. The maximum atomic E-state index is 12.5. The molecule has 1 aromatic carbocycles. The minimum Gasteiger partial charge on any atom is -0.444 e. The average Bonchev–Trinajstić information content (AvgIpc) is 2.43. The quantitative estimate of drug-likeness (QED) is 0.473. The van der Waals surface area contributed by atoms with Crippen LogP contribution in [0, 0.1) is 5.41 Å². The van der Waals surface area contributed by atoms with Crippen molar-refractivity contribution >= 4 is 30.1 Å². The Morgan fingerprint density at radius 3 is 2.15 bits per heavy atom. The first kappa shape index (κ1) is 21.1. The Morgan fingerprint density at radius 1 is 1.08 bits per heavy atom. The van der Waals surface area contributed by atoms with E-state index in [1.807, 2.05) is 0 Å². The average molecular weight is 363 g/mol. The van der Waals surface area contributed by atoms with Gasteiger partial charge in [0.05, 0.1) is 5.69 Å². The molecule has 0 aliphatic carbocycles. The molecule has 0 heterocycles. The van der Waals surface area contributed by atoms with E-state index in [9.17, 15) is 14.4 Å². The normalized spacial score (nSPS) is 11.3. The van der Waals surface area contributed by atoms with Gasteiger partial charge in [0, 0.05) is 5.56 Å². The number of alkyl carbamates (subject to hydrolysis) is 1. The Hall–Kier alpha value is -2.90. The van der Waals surface area contributed by atoms with Crippen LogP contribution in [-0.2, 0) is 9.47 Å². The van der Waals surface area contributed by atoms with Crippen LogP contribution in [0.2, 0.25) is 0 Å². The molecule has 0 aromatic heterocycles. The van der Waals surface area contributed by atoms with Gasteiger partial charge in [-0.1, -0.05) is 12.1 Å². The smallest absolute Gasteiger partial charge is 0.421 e. The van der Waals surface area contributed by atoms with Crippen molar-refractivity contribution in [1.82, 2.24) is 5.32 Å². The van der Waals surface area contributed by atoms with Crippen molar-refractivity contribution in [2.45, 2.75) is 52.7 Å². The van der Waals surface area contributed by atoms with Gasteiger partial charge in [-0.2, -0.15) is 0 Å². The lowest BCUT2D eigenvalue weighted by Crippen LogP contribution is -2.49. The highest BCUT2D eigenvalue weighted by molar-refractivity contribution is 6.16. The summed E-state index contributed by atoms with van der Waals surface area (Å²) in [5.41, 5.74) is -1.08. The summed E-state index contributed by atoms with van der Waals surface area (Å²) in [6, 6.07) is 6.02. The third-order valence-corrected chi connectivity index (χ3v) is 2.68. The van der Waals surface area contributed by atoms with Gasteiger partial charge in [-0.25, -0.2) is 14.5 Å². The number of benzene rings is 1. The zero-order valence-corrected chi connectivity index (χ0v) is 15.9. The molecule has 0 fully saturated rings. The largest absolute Gasteiger partial charge is 0.444 e. The number of nitrogens with one attached hydrogen (secondary N) is 2. The fourth-order valence-corrected chi connectivity index (χ4v) is 1.83. The highest BCUT2D eigenvalue weighted by atomic mass is 16.6. The predicted molar refractivity (Wildman–Crippen MR) is 97.6 cm³/mol. The van der Waals surface area contributed by atoms with Gasteiger partial charge in [0.1, 0.15) is 17.5 Å². The molecule has 0 bridgehead atoms. The van der Waals surface area contributed by atoms with Crippen LogP contribution in [0.5, 0.6) is 0 Å². The second-order valence-corrected chi connectivity index (χ2v) is 7.50. The fourth-order valence-electron chi connectivity index (χ4n) is 1.83. The number of carbonyl (C=O) groups excluding carboxylic acids is 3. The summed E-state index contributed by atoms with van der Waals surface area (Å²) in [6.45, 7) is 10.1. The SMILES string of the molecule is CC(C)(C)OC(=O)NC(=N)N(C(=O)OC(C)(C)C)c1cccc(C=O)c1. The molecule has 0 radical (unpaired) electrons. The van der Waals surface area contributed by atoms with Gasteiger partial charge in [-0.15, -0.1) is 0 Å². The summed E-state index contributed by atoms with van der Waals surface area (Å²) < 4.78 is 10.4. The Kier molecular flexibility index (Phi) is 6.49. The van der Waals surface area contributed by atoms with E-state index in [0.29, 0.717) is 11.8 Å². The van der Waals surface area contributed by atoms with Crippen LogP contribution in [-0.4, -0.2) is 35.6 Å². The topological polar surface area (TPSA) is 109 Å². The lowest BCUT2D eigenvalue weighted by molar-refractivity contribution is 0.0558. The molecule has 0 spiro atoms. The number of rotatable bonds is 2. The summed E-state index contributed by atoms with van der Waals surface area (Å²) >= 11 is 0. The maximum absolute atomic E-state index is 12.5. The number of ether oxygens (including phenoxy) is 2. The fraction of sp³-hybridized carbons (Fsp3) is 0.444. The van der Waals surface area contributed by atoms with Crippen LogP contribution in [0.1, 0.15) is 51.9 Å². The number of hydrogen-bond acceptors (Lipinski definition) is 6. The van der Waals surface area contributed by atoms with Crippen molar-refractivity contribution in [2.24, 2.45) is 0 Å². The lowest BCUT2D eigenvalue weighted by Gasteiger charge is -2.28. The zero-order chi connectivity index (χ0) is 20.1. The number of guanidine groups is 1. The number of amides is 2. The van der Waals surface area contributed by atoms with E-state index in [-0.39, 0.29) is 5.69 Å². The van der Waals surface area contributed by atoms with Gasteiger partial charge in [0.25, 0.3) is 0 Å². The summed E-state index contributed by atoms with van der Waals surface area (Å²) in [4.78, 5) is 36.3. The molecule has 8 heteroatoms. The number of anilines is 1. The molecule has 1 aromatic rings. The number of aldehydes is 1. The molecule has 0 atom stereocenters. The van der Waals surface area contributed by atoms with Crippen molar-refractivity contribution < 1.29 is 23.9 Å². The first-order valence-electron chi connectivity index (χ1n) is 7.99. The van der Waals surface area contributed by atoms with Gasteiger partial charge in [0.15, 0.2) is 0 Å². The second kappa shape index (κ2) is 7.99. The number of carbonyl (C=O) groups is 3. The number of hydrogen-bond donors (Lipinski definition) is 2. The van der Waals surface area contributed by atoms with E-state index in [0.717, 1.165) is 4.90 Å². The third kappa shape index (κ3) is 6.92. The minimum atomic E-state index is -0.886. The Morgan fingerprint density at radius 2 is 1.65 bits per heavy atom. The molecule has 8 nitrogen and oxygen atoms in total. The van der Waals surface area contributed by atoms with Crippen molar-refractivity contribution in [2.75, 3.05) is 4.90 Å². The molecule has 0 unspecified atom stereocenters. The van der Waals surface area contributed by atoms with E-state index >= 15 is 0 Å². The summed E-state index contributed by atoms with van der Waals surface area (Å²) in [5.74, 6) is -0.559. The van der Waals surface area contributed by atoms with E-state index < -0.39 is 29.3 Å². The maximum Gasteiger partial charge on any atom is 0.421 e. The van der Waals surface area contributed by atoms with Crippen molar-refractivity contribution in [1.29, 1.82) is 5.41 Å². The molecule has 26 heavy (non-hydrogen) atoms. The van der Waals surface area contributed by atoms with Crippen molar-refractivity contribution in [3.05, 3.63) is 29.8 Å². The molecular weight excluding hydrogens is 338 g/mol. The first-order valence-corrected chi connectivity index (χ1v) is 7.99. The zero-order valence-electron chi connectivity index (χ0n) is 15.9. The predicted octanol–water partition coefficient (Wildman–Crippen LogP) is 3.70. The Labute approximate surface area is 153 Å². The van der Waals surface area contributed by atoms with Crippen LogP contribution in [0.25, 0.3) is 0 Å². The van der Waals surface area contributed by atoms with Crippen molar-refractivity contribution in [3.8, 4) is 0 Å². The van der Waals surface area contributed by atoms with Crippen LogP contribution in [0.4, 0.5) is 15.3 Å². The van der Waals surface area contributed by atoms with Crippen LogP contribution in [0.15, 0.2) is 24.3 Å². The van der Waals surface area contributed by atoms with E-state index in [1.54, 1.807) is 53.7 Å². The summed E-state index contributed by atoms with van der Waals surface area (Å²) in [7, 11) is 0. The van der Waals surface area contributed by atoms with E-state index in [4.69, 9.17) is 14.9 Å². The summed E-state index contributed by atoms with van der Waals surface area (Å²) in [6.07, 6.45) is -1.15. The van der Waals surface area contributed by atoms with Crippen LogP contribution in [0.3, 0.4) is 0 Å². The standard InChI is InChI=1S/C18H25N3O5/c1-17(2,3)25-15(23)20-14(19)21(16(24)26-18(4,5)6)13-9-7-8-12(10-13)11-22/h7-11H,1-6H3,(H2,19,20,23).